The highest BCUT2D eigenvalue weighted by atomic mass is 32.2. The summed E-state index contributed by atoms with van der Waals surface area (Å²) in [6.07, 6.45) is -0.835. The molecule has 1 fully saturated rings. The number of aliphatic hydroxyl groups excluding tert-OH is 1. The zero-order chi connectivity index (χ0) is 8.27. The molecule has 0 aromatic rings. The van der Waals surface area contributed by atoms with Crippen LogP contribution in [-0.4, -0.2) is 46.6 Å². The molecule has 4 heteroatoms. The number of hydrogen-bond acceptors (Lipinski definition) is 3. The number of rotatable bonds is 1. The minimum atomic E-state index is -0.835. The van der Waals surface area contributed by atoms with Crippen LogP contribution in [0.1, 0.15) is 6.92 Å². The molecule has 11 heavy (non-hydrogen) atoms. The van der Waals surface area contributed by atoms with Crippen LogP contribution in [0.2, 0.25) is 0 Å². The summed E-state index contributed by atoms with van der Waals surface area (Å²) in [5.74, 6) is 1.86. The van der Waals surface area contributed by atoms with Gasteiger partial charge in [0, 0.05) is 24.6 Å². The van der Waals surface area contributed by atoms with Crippen LogP contribution in [0.4, 0.5) is 0 Å². The lowest BCUT2D eigenvalue weighted by molar-refractivity contribution is -0.138. The Bertz CT molecular complexity index is 143. The van der Waals surface area contributed by atoms with Gasteiger partial charge in [-0.25, -0.2) is 0 Å². The van der Waals surface area contributed by atoms with Crippen LogP contribution in [0.25, 0.3) is 0 Å². The van der Waals surface area contributed by atoms with Crippen molar-refractivity contribution in [3.63, 3.8) is 0 Å². The number of amides is 1. The fourth-order valence-electron chi connectivity index (χ4n) is 1.05. The summed E-state index contributed by atoms with van der Waals surface area (Å²) in [7, 11) is 0. The molecule has 0 aromatic heterocycles. The molecule has 0 aliphatic carbocycles. The highest BCUT2D eigenvalue weighted by Gasteiger charge is 2.19. The maximum absolute atomic E-state index is 11.2. The van der Waals surface area contributed by atoms with E-state index in [1.54, 1.807) is 4.90 Å². The van der Waals surface area contributed by atoms with Gasteiger partial charge in [-0.2, -0.15) is 11.8 Å². The maximum atomic E-state index is 11.2. The summed E-state index contributed by atoms with van der Waals surface area (Å²) in [6.45, 7) is 3.09. The molecule has 1 rings (SSSR count). The third-order valence-electron chi connectivity index (χ3n) is 1.68. The minimum Gasteiger partial charge on any atom is -0.384 e. The minimum absolute atomic E-state index is 0.134. The number of carbonyl (C=O) groups excluding carboxylic acids is 1. The molecular weight excluding hydrogens is 162 g/mol. The summed E-state index contributed by atoms with van der Waals surface area (Å²) >= 11 is 1.85. The maximum Gasteiger partial charge on any atom is 0.251 e. The van der Waals surface area contributed by atoms with Crippen molar-refractivity contribution < 1.29 is 9.90 Å². The molecular formula is C7H13NO2S. The first-order valence-corrected chi connectivity index (χ1v) is 4.92. The number of nitrogens with zero attached hydrogens (tertiary/aromatic N) is 1. The van der Waals surface area contributed by atoms with E-state index in [2.05, 4.69) is 0 Å². The second kappa shape index (κ2) is 3.97. The number of aliphatic hydroxyl groups is 1. The summed E-state index contributed by atoms with van der Waals surface area (Å²) in [4.78, 5) is 12.9. The largest absolute Gasteiger partial charge is 0.384 e. The number of thioether (sulfide) groups is 1. The summed E-state index contributed by atoms with van der Waals surface area (Å²) in [5, 5.41) is 8.98. The predicted octanol–water partition coefficient (Wildman–Crippen LogP) is -0.0574. The average molecular weight is 175 g/mol. The lowest BCUT2D eigenvalue weighted by Gasteiger charge is -2.27. The lowest BCUT2D eigenvalue weighted by Crippen LogP contribution is -2.42. The molecule has 0 bridgehead atoms. The lowest BCUT2D eigenvalue weighted by atomic mass is 10.3. The Labute approximate surface area is 70.8 Å². The fraction of sp³-hybridized carbons (Fsp3) is 0.857. The third kappa shape index (κ3) is 2.38. The molecule has 1 saturated heterocycles. The first-order chi connectivity index (χ1) is 5.22. The van der Waals surface area contributed by atoms with Crippen molar-refractivity contribution in [1.82, 2.24) is 4.90 Å². The SMILES string of the molecule is C[C@@H](O)C(=O)N1CCSCC1. The van der Waals surface area contributed by atoms with Gasteiger partial charge in [0.1, 0.15) is 6.10 Å². The van der Waals surface area contributed by atoms with E-state index in [0.717, 1.165) is 24.6 Å². The van der Waals surface area contributed by atoms with Crippen molar-refractivity contribution in [1.29, 1.82) is 0 Å². The standard InChI is InChI=1S/C7H13NO2S/c1-6(9)7(10)8-2-4-11-5-3-8/h6,9H,2-5H2,1H3/t6-/m1/s1. The van der Waals surface area contributed by atoms with Gasteiger partial charge in [-0.05, 0) is 6.92 Å². The Kier molecular flexibility index (Phi) is 3.20. The van der Waals surface area contributed by atoms with Gasteiger partial charge in [0.25, 0.3) is 5.91 Å². The zero-order valence-corrected chi connectivity index (χ0v) is 7.43. The van der Waals surface area contributed by atoms with E-state index in [9.17, 15) is 4.79 Å². The number of hydrogen-bond donors (Lipinski definition) is 1. The van der Waals surface area contributed by atoms with E-state index in [1.807, 2.05) is 11.8 Å². The molecule has 64 valence electrons. The van der Waals surface area contributed by atoms with Gasteiger partial charge in [0.2, 0.25) is 0 Å². The Morgan fingerprint density at radius 3 is 2.55 bits per heavy atom. The van der Waals surface area contributed by atoms with Gasteiger partial charge in [0.05, 0.1) is 0 Å². The molecule has 1 amide bonds. The predicted molar refractivity (Wildman–Crippen MR) is 45.6 cm³/mol. The van der Waals surface area contributed by atoms with E-state index in [4.69, 9.17) is 5.11 Å². The van der Waals surface area contributed by atoms with Crippen molar-refractivity contribution in [2.45, 2.75) is 13.0 Å². The fourth-order valence-corrected chi connectivity index (χ4v) is 1.95. The van der Waals surface area contributed by atoms with Gasteiger partial charge < -0.3 is 10.0 Å². The van der Waals surface area contributed by atoms with Crippen LogP contribution in [0.5, 0.6) is 0 Å². The molecule has 1 heterocycles. The summed E-state index contributed by atoms with van der Waals surface area (Å²) in [6, 6.07) is 0. The van der Waals surface area contributed by atoms with Crippen molar-refractivity contribution in [2.75, 3.05) is 24.6 Å². The van der Waals surface area contributed by atoms with Crippen LogP contribution in [-0.2, 0) is 4.79 Å². The Morgan fingerprint density at radius 2 is 2.09 bits per heavy atom. The van der Waals surface area contributed by atoms with Crippen LogP contribution in [0, 0.1) is 0 Å². The molecule has 0 aromatic carbocycles. The highest BCUT2D eigenvalue weighted by molar-refractivity contribution is 7.99. The smallest absolute Gasteiger partial charge is 0.251 e. The Balaban J connectivity index is 2.39. The first-order valence-electron chi connectivity index (χ1n) is 3.76. The molecule has 0 radical (unpaired) electrons. The second-order valence-electron chi connectivity index (χ2n) is 2.61. The molecule has 0 unspecified atom stereocenters. The van der Waals surface area contributed by atoms with Crippen LogP contribution >= 0.6 is 11.8 Å². The van der Waals surface area contributed by atoms with E-state index in [1.165, 1.54) is 6.92 Å². The Morgan fingerprint density at radius 1 is 1.55 bits per heavy atom. The molecule has 1 N–H and O–H groups in total. The topological polar surface area (TPSA) is 40.5 Å². The van der Waals surface area contributed by atoms with Crippen molar-refractivity contribution in [3.8, 4) is 0 Å². The Hall–Kier alpha value is -0.220. The van der Waals surface area contributed by atoms with Crippen LogP contribution in [0.15, 0.2) is 0 Å². The number of carbonyl (C=O) groups is 1. The van der Waals surface area contributed by atoms with Crippen LogP contribution in [0.3, 0.4) is 0 Å². The second-order valence-corrected chi connectivity index (χ2v) is 3.84. The average Bonchev–Trinajstić information content (AvgIpc) is 2.05. The van der Waals surface area contributed by atoms with E-state index in [-0.39, 0.29) is 5.91 Å². The molecule has 0 spiro atoms. The van der Waals surface area contributed by atoms with Crippen molar-refractivity contribution in [3.05, 3.63) is 0 Å². The van der Waals surface area contributed by atoms with Gasteiger partial charge in [-0.3, -0.25) is 4.79 Å². The summed E-state index contributed by atoms with van der Waals surface area (Å²) in [5.41, 5.74) is 0. The van der Waals surface area contributed by atoms with E-state index < -0.39 is 6.10 Å². The quantitative estimate of drug-likeness (QED) is 0.607. The summed E-state index contributed by atoms with van der Waals surface area (Å²) < 4.78 is 0. The molecule has 1 aliphatic heterocycles. The highest BCUT2D eigenvalue weighted by Crippen LogP contribution is 2.09. The molecule has 1 aliphatic rings. The van der Waals surface area contributed by atoms with Crippen molar-refractivity contribution in [2.24, 2.45) is 0 Å². The van der Waals surface area contributed by atoms with E-state index >= 15 is 0 Å². The zero-order valence-electron chi connectivity index (χ0n) is 6.62. The normalized spacial score (nSPS) is 21.5. The van der Waals surface area contributed by atoms with E-state index in [0.29, 0.717) is 0 Å². The molecule has 1 atom stereocenters. The van der Waals surface area contributed by atoms with Crippen molar-refractivity contribution >= 4 is 17.7 Å². The first kappa shape index (κ1) is 8.87. The third-order valence-corrected chi connectivity index (χ3v) is 2.62. The van der Waals surface area contributed by atoms with Gasteiger partial charge >= 0.3 is 0 Å². The monoisotopic (exact) mass is 175 g/mol. The van der Waals surface area contributed by atoms with Gasteiger partial charge in [0.15, 0.2) is 0 Å². The van der Waals surface area contributed by atoms with Crippen LogP contribution < -0.4 is 0 Å². The molecule has 0 saturated carbocycles. The molecule has 3 nitrogen and oxygen atoms in total. The van der Waals surface area contributed by atoms with Gasteiger partial charge in [-0.15, -0.1) is 0 Å². The van der Waals surface area contributed by atoms with Gasteiger partial charge in [-0.1, -0.05) is 0 Å².